The molecule has 1 saturated carbocycles. The molecule has 0 radical (unpaired) electrons. The quantitative estimate of drug-likeness (QED) is 0.935. The first-order valence-electron chi connectivity index (χ1n) is 6.96. The van der Waals surface area contributed by atoms with E-state index in [1.54, 1.807) is 18.0 Å². The van der Waals surface area contributed by atoms with E-state index in [-0.39, 0.29) is 12.0 Å². The molecule has 1 aliphatic carbocycles. The van der Waals surface area contributed by atoms with E-state index in [4.69, 9.17) is 4.42 Å². The van der Waals surface area contributed by atoms with Gasteiger partial charge in [0.1, 0.15) is 5.58 Å². The second-order valence-electron chi connectivity index (χ2n) is 5.83. The zero-order valence-electron chi connectivity index (χ0n) is 11.8. The van der Waals surface area contributed by atoms with Crippen LogP contribution < -0.4 is 0 Å². The number of furan rings is 1. The molecule has 0 bridgehead atoms. The predicted octanol–water partition coefficient (Wildman–Crippen LogP) is 2.58. The van der Waals surface area contributed by atoms with Crippen molar-refractivity contribution in [3.8, 4) is 0 Å². The van der Waals surface area contributed by atoms with Gasteiger partial charge in [0.05, 0.1) is 6.10 Å². The van der Waals surface area contributed by atoms with E-state index in [9.17, 15) is 9.90 Å². The molecule has 1 aromatic carbocycles. The Morgan fingerprint density at radius 3 is 2.85 bits per heavy atom. The van der Waals surface area contributed by atoms with Crippen molar-refractivity contribution < 1.29 is 14.3 Å². The Bertz CT molecular complexity index is 640. The molecule has 0 atom stereocenters. The molecule has 1 fully saturated rings. The number of amides is 1. The molecule has 0 unspecified atom stereocenters. The highest BCUT2D eigenvalue weighted by molar-refractivity contribution is 5.96. The fourth-order valence-electron chi connectivity index (χ4n) is 2.78. The van der Waals surface area contributed by atoms with Crippen LogP contribution in [-0.4, -0.2) is 35.6 Å². The molecule has 0 spiro atoms. The van der Waals surface area contributed by atoms with Crippen LogP contribution in [-0.2, 0) is 0 Å². The summed E-state index contributed by atoms with van der Waals surface area (Å²) in [4.78, 5) is 14.0. The van der Waals surface area contributed by atoms with E-state index >= 15 is 0 Å². The number of carbonyl (C=O) groups is 1. The Morgan fingerprint density at radius 2 is 2.15 bits per heavy atom. The second-order valence-corrected chi connectivity index (χ2v) is 5.83. The van der Waals surface area contributed by atoms with E-state index < -0.39 is 0 Å². The predicted molar refractivity (Wildman–Crippen MR) is 76.6 cm³/mol. The van der Waals surface area contributed by atoms with Gasteiger partial charge in [-0.1, -0.05) is 11.6 Å². The molecule has 1 amide bonds. The van der Waals surface area contributed by atoms with Crippen molar-refractivity contribution in [3.63, 3.8) is 0 Å². The Morgan fingerprint density at radius 1 is 1.40 bits per heavy atom. The third kappa shape index (κ3) is 2.43. The monoisotopic (exact) mass is 273 g/mol. The van der Waals surface area contributed by atoms with E-state index in [2.05, 4.69) is 0 Å². The molecule has 1 heterocycles. The van der Waals surface area contributed by atoms with Crippen LogP contribution in [0.4, 0.5) is 0 Å². The maximum absolute atomic E-state index is 12.3. The lowest BCUT2D eigenvalue weighted by Gasteiger charge is -2.34. The van der Waals surface area contributed by atoms with Crippen LogP contribution in [0.3, 0.4) is 0 Å². The number of aliphatic hydroxyl groups excluding tert-OH is 1. The molecule has 3 rings (SSSR count). The summed E-state index contributed by atoms with van der Waals surface area (Å²) in [5.41, 5.74) is 1.89. The summed E-state index contributed by atoms with van der Waals surface area (Å²) in [7, 11) is 1.78. The number of benzene rings is 1. The van der Waals surface area contributed by atoms with Gasteiger partial charge >= 0.3 is 0 Å². The minimum absolute atomic E-state index is 0.0970. The summed E-state index contributed by atoms with van der Waals surface area (Å²) in [5.74, 6) is 0.693. The minimum Gasteiger partial charge on any atom is -0.451 e. The number of aliphatic hydroxyl groups is 1. The molecular weight excluding hydrogens is 254 g/mol. The van der Waals surface area contributed by atoms with Gasteiger partial charge in [0.2, 0.25) is 0 Å². The van der Waals surface area contributed by atoms with Gasteiger partial charge in [0, 0.05) is 19.0 Å². The van der Waals surface area contributed by atoms with Crippen molar-refractivity contribution >= 4 is 16.9 Å². The van der Waals surface area contributed by atoms with Gasteiger partial charge in [0.25, 0.3) is 5.91 Å². The minimum atomic E-state index is -0.183. The molecule has 4 nitrogen and oxygen atoms in total. The first-order chi connectivity index (χ1) is 9.52. The normalized spacial score (nSPS) is 21.8. The van der Waals surface area contributed by atoms with Gasteiger partial charge in [-0.2, -0.15) is 0 Å². The standard InChI is InChI=1S/C16H19NO3/c1-10-3-4-14-12(5-10)8-15(20-14)16(19)17(2)9-11-6-13(18)7-11/h3-5,8,11,13,18H,6-7,9H2,1-2H3. The summed E-state index contributed by atoms with van der Waals surface area (Å²) in [6.07, 6.45) is 1.39. The van der Waals surface area contributed by atoms with Crippen LogP contribution in [0.1, 0.15) is 29.0 Å². The van der Waals surface area contributed by atoms with Crippen molar-refractivity contribution in [2.75, 3.05) is 13.6 Å². The molecule has 20 heavy (non-hydrogen) atoms. The van der Waals surface area contributed by atoms with Gasteiger partial charge in [-0.05, 0) is 43.9 Å². The Balaban J connectivity index is 1.74. The molecule has 106 valence electrons. The maximum atomic E-state index is 12.3. The second kappa shape index (κ2) is 4.94. The average Bonchev–Trinajstić information content (AvgIpc) is 2.78. The first-order valence-corrected chi connectivity index (χ1v) is 6.96. The molecule has 0 saturated heterocycles. The highest BCUT2D eigenvalue weighted by Gasteiger charge is 2.29. The van der Waals surface area contributed by atoms with Gasteiger partial charge in [0.15, 0.2) is 5.76 Å². The lowest BCUT2D eigenvalue weighted by atomic mass is 9.82. The number of carbonyl (C=O) groups excluding carboxylic acids is 1. The fraction of sp³-hybridized carbons (Fsp3) is 0.438. The van der Waals surface area contributed by atoms with Crippen molar-refractivity contribution in [3.05, 3.63) is 35.6 Å². The van der Waals surface area contributed by atoms with Gasteiger partial charge in [-0.15, -0.1) is 0 Å². The molecule has 1 N–H and O–H groups in total. The van der Waals surface area contributed by atoms with E-state index in [1.807, 2.05) is 25.1 Å². The summed E-state index contributed by atoms with van der Waals surface area (Å²) in [6.45, 7) is 2.69. The molecule has 1 aliphatic rings. The van der Waals surface area contributed by atoms with Crippen LogP contribution >= 0.6 is 0 Å². The van der Waals surface area contributed by atoms with E-state index in [0.717, 1.165) is 29.4 Å². The zero-order chi connectivity index (χ0) is 14.3. The van der Waals surface area contributed by atoms with Crippen molar-refractivity contribution in [1.29, 1.82) is 0 Å². The fourth-order valence-corrected chi connectivity index (χ4v) is 2.78. The SMILES string of the molecule is Cc1ccc2oc(C(=O)N(C)CC3CC(O)C3)cc2c1. The number of fused-ring (bicyclic) bond motifs is 1. The van der Waals surface area contributed by atoms with Crippen molar-refractivity contribution in [2.45, 2.75) is 25.9 Å². The van der Waals surface area contributed by atoms with E-state index in [0.29, 0.717) is 18.2 Å². The van der Waals surface area contributed by atoms with E-state index in [1.165, 1.54) is 0 Å². The van der Waals surface area contributed by atoms with Crippen LogP contribution in [0.15, 0.2) is 28.7 Å². The highest BCUT2D eigenvalue weighted by Crippen LogP contribution is 2.28. The average molecular weight is 273 g/mol. The Kier molecular flexibility index (Phi) is 3.26. The number of hydrogen-bond acceptors (Lipinski definition) is 3. The summed E-state index contributed by atoms with van der Waals surface area (Å²) >= 11 is 0. The lowest BCUT2D eigenvalue weighted by Crippen LogP contribution is -2.39. The Labute approximate surface area is 118 Å². The smallest absolute Gasteiger partial charge is 0.289 e. The topological polar surface area (TPSA) is 53.7 Å². The zero-order valence-corrected chi connectivity index (χ0v) is 11.8. The van der Waals surface area contributed by atoms with Crippen molar-refractivity contribution in [1.82, 2.24) is 4.90 Å². The Hall–Kier alpha value is -1.81. The molecule has 0 aliphatic heterocycles. The van der Waals surface area contributed by atoms with Gasteiger partial charge in [-0.3, -0.25) is 4.79 Å². The van der Waals surface area contributed by atoms with Crippen molar-refractivity contribution in [2.24, 2.45) is 5.92 Å². The largest absolute Gasteiger partial charge is 0.451 e. The first kappa shape index (κ1) is 13.2. The number of rotatable bonds is 3. The third-order valence-electron chi connectivity index (χ3n) is 3.97. The van der Waals surface area contributed by atoms with Crippen LogP contribution in [0.5, 0.6) is 0 Å². The number of aryl methyl sites for hydroxylation is 1. The molecule has 1 aromatic heterocycles. The number of hydrogen-bond donors (Lipinski definition) is 1. The lowest BCUT2D eigenvalue weighted by molar-refractivity contribution is 0.0258. The molecule has 2 aromatic rings. The van der Waals surface area contributed by atoms with Gasteiger partial charge < -0.3 is 14.4 Å². The van der Waals surface area contributed by atoms with Crippen LogP contribution in [0.25, 0.3) is 11.0 Å². The third-order valence-corrected chi connectivity index (χ3v) is 3.97. The highest BCUT2D eigenvalue weighted by atomic mass is 16.3. The van der Waals surface area contributed by atoms with Crippen LogP contribution in [0, 0.1) is 12.8 Å². The summed E-state index contributed by atoms with van der Waals surface area (Å²) in [6, 6.07) is 7.68. The van der Waals surface area contributed by atoms with Gasteiger partial charge in [-0.25, -0.2) is 0 Å². The van der Waals surface area contributed by atoms with Crippen LogP contribution in [0.2, 0.25) is 0 Å². The summed E-state index contributed by atoms with van der Waals surface area (Å²) in [5, 5.41) is 10.2. The molecule has 4 heteroatoms. The maximum Gasteiger partial charge on any atom is 0.289 e. The summed E-state index contributed by atoms with van der Waals surface area (Å²) < 4.78 is 5.62. The molecular formula is C16H19NO3. The number of nitrogens with zero attached hydrogens (tertiary/aromatic N) is 1.